The number of hydrogen-bond acceptors (Lipinski definition) is 5. The molecule has 2 heterocycles. The van der Waals surface area contributed by atoms with E-state index in [1.165, 1.54) is 17.5 Å². The summed E-state index contributed by atoms with van der Waals surface area (Å²) in [7, 11) is 0. The number of aromatic nitrogens is 1. The van der Waals surface area contributed by atoms with Crippen molar-refractivity contribution in [1.29, 1.82) is 0 Å². The van der Waals surface area contributed by atoms with Crippen LogP contribution in [0.1, 0.15) is 20.2 Å². The lowest BCUT2D eigenvalue weighted by atomic mass is 9.98. The number of aromatic hydroxyl groups is 1. The number of anilines is 1. The van der Waals surface area contributed by atoms with Crippen LogP contribution < -0.4 is 4.90 Å². The number of rotatable bonds is 3. The van der Waals surface area contributed by atoms with E-state index in [0.29, 0.717) is 16.4 Å². The molecule has 0 bridgehead atoms. The molecule has 0 fully saturated rings. The molecule has 126 valence electrons. The standard InChI is InChI=1S/C19H16N2O3S/c22-11-14-10-20-18(25-14)19(24)21-8-7-16-15(5-2-6-17(16)21)12-3-1-4-13(23)9-12/h1-6,9-10,22-23H,7-8,11H2. The van der Waals surface area contributed by atoms with E-state index in [-0.39, 0.29) is 18.3 Å². The van der Waals surface area contributed by atoms with E-state index in [1.807, 2.05) is 30.3 Å². The Morgan fingerprint density at radius 2 is 2.08 bits per heavy atom. The molecule has 1 amide bonds. The molecular weight excluding hydrogens is 336 g/mol. The molecule has 25 heavy (non-hydrogen) atoms. The third-order valence-electron chi connectivity index (χ3n) is 4.32. The normalized spacial score (nSPS) is 13.1. The average Bonchev–Trinajstić information content (AvgIpc) is 3.28. The summed E-state index contributed by atoms with van der Waals surface area (Å²) in [6.07, 6.45) is 2.29. The molecule has 0 saturated carbocycles. The maximum atomic E-state index is 12.8. The summed E-state index contributed by atoms with van der Waals surface area (Å²) in [5.74, 6) is 0.0804. The summed E-state index contributed by atoms with van der Waals surface area (Å²) in [6.45, 7) is 0.487. The predicted molar refractivity (Wildman–Crippen MR) is 97.0 cm³/mol. The van der Waals surface area contributed by atoms with Gasteiger partial charge < -0.3 is 15.1 Å². The summed E-state index contributed by atoms with van der Waals surface area (Å²) in [5.41, 5.74) is 3.94. The van der Waals surface area contributed by atoms with E-state index >= 15 is 0 Å². The molecule has 6 heteroatoms. The van der Waals surface area contributed by atoms with Crippen LogP contribution in [-0.2, 0) is 13.0 Å². The number of phenols is 1. The van der Waals surface area contributed by atoms with E-state index in [2.05, 4.69) is 4.98 Å². The Hall–Kier alpha value is -2.70. The molecule has 0 atom stereocenters. The monoisotopic (exact) mass is 352 g/mol. The number of amides is 1. The lowest BCUT2D eigenvalue weighted by Crippen LogP contribution is -2.28. The first-order valence-corrected chi connectivity index (χ1v) is 8.78. The van der Waals surface area contributed by atoms with E-state index in [1.54, 1.807) is 17.0 Å². The van der Waals surface area contributed by atoms with Crippen molar-refractivity contribution in [1.82, 2.24) is 4.98 Å². The fourth-order valence-electron chi connectivity index (χ4n) is 3.18. The number of nitrogens with zero attached hydrogens (tertiary/aromatic N) is 2. The van der Waals surface area contributed by atoms with Gasteiger partial charge in [0.1, 0.15) is 5.75 Å². The van der Waals surface area contributed by atoms with E-state index in [0.717, 1.165) is 28.8 Å². The zero-order valence-electron chi connectivity index (χ0n) is 13.3. The van der Waals surface area contributed by atoms with Crippen LogP contribution in [0.15, 0.2) is 48.7 Å². The van der Waals surface area contributed by atoms with Crippen molar-refractivity contribution in [2.24, 2.45) is 0 Å². The molecule has 3 aromatic rings. The van der Waals surface area contributed by atoms with E-state index < -0.39 is 0 Å². The van der Waals surface area contributed by atoms with E-state index in [4.69, 9.17) is 5.11 Å². The van der Waals surface area contributed by atoms with Crippen molar-refractivity contribution < 1.29 is 15.0 Å². The third kappa shape index (κ3) is 2.79. The van der Waals surface area contributed by atoms with Crippen molar-refractivity contribution in [3.8, 4) is 16.9 Å². The van der Waals surface area contributed by atoms with Crippen LogP contribution in [0.25, 0.3) is 11.1 Å². The molecule has 0 radical (unpaired) electrons. The van der Waals surface area contributed by atoms with Crippen LogP contribution >= 0.6 is 11.3 Å². The predicted octanol–water partition coefficient (Wildman–Crippen LogP) is 3.21. The number of aliphatic hydroxyl groups excluding tert-OH is 1. The molecule has 2 aromatic carbocycles. The van der Waals surface area contributed by atoms with Crippen molar-refractivity contribution in [2.45, 2.75) is 13.0 Å². The smallest absolute Gasteiger partial charge is 0.287 e. The van der Waals surface area contributed by atoms with Gasteiger partial charge in [0.15, 0.2) is 5.01 Å². The second-order valence-electron chi connectivity index (χ2n) is 5.85. The summed E-state index contributed by atoms with van der Waals surface area (Å²) in [6, 6.07) is 13.0. The summed E-state index contributed by atoms with van der Waals surface area (Å²) in [4.78, 5) is 19.3. The SMILES string of the molecule is O=C(c1ncc(CO)s1)N1CCc2c(-c3cccc(O)c3)cccc21. The van der Waals surface area contributed by atoms with Crippen molar-refractivity contribution >= 4 is 22.9 Å². The quantitative estimate of drug-likeness (QED) is 0.759. The largest absolute Gasteiger partial charge is 0.508 e. The first-order valence-electron chi connectivity index (χ1n) is 7.96. The van der Waals surface area contributed by atoms with Crippen LogP contribution in [0.3, 0.4) is 0 Å². The maximum Gasteiger partial charge on any atom is 0.287 e. The van der Waals surface area contributed by atoms with Crippen molar-refractivity contribution in [3.05, 3.63) is 64.1 Å². The van der Waals surface area contributed by atoms with Gasteiger partial charge in [0.05, 0.1) is 11.5 Å². The lowest BCUT2D eigenvalue weighted by molar-refractivity contribution is 0.0989. The second-order valence-corrected chi connectivity index (χ2v) is 6.97. The highest BCUT2D eigenvalue weighted by atomic mass is 32.1. The Morgan fingerprint density at radius 1 is 1.24 bits per heavy atom. The van der Waals surface area contributed by atoms with Gasteiger partial charge in [-0.2, -0.15) is 0 Å². The fourth-order valence-corrected chi connectivity index (χ4v) is 3.91. The summed E-state index contributed by atoms with van der Waals surface area (Å²) in [5, 5.41) is 19.3. The highest BCUT2D eigenvalue weighted by Crippen LogP contribution is 2.37. The Morgan fingerprint density at radius 3 is 2.84 bits per heavy atom. The number of hydrogen-bond donors (Lipinski definition) is 2. The minimum atomic E-state index is -0.142. The first-order chi connectivity index (χ1) is 12.2. The number of fused-ring (bicyclic) bond motifs is 1. The van der Waals surface area contributed by atoms with Gasteiger partial charge in [-0.3, -0.25) is 4.79 Å². The number of aliphatic hydroxyl groups is 1. The molecule has 0 unspecified atom stereocenters. The molecule has 0 spiro atoms. The number of thiazole rings is 1. The molecule has 0 saturated heterocycles. The van der Waals surface area contributed by atoms with Crippen molar-refractivity contribution in [2.75, 3.05) is 11.4 Å². The topological polar surface area (TPSA) is 73.7 Å². The molecule has 2 N–H and O–H groups in total. The maximum absolute atomic E-state index is 12.8. The minimum absolute atomic E-state index is 0.108. The first kappa shape index (κ1) is 15.8. The van der Waals surface area contributed by atoms with Gasteiger partial charge in [0, 0.05) is 18.4 Å². The van der Waals surface area contributed by atoms with E-state index in [9.17, 15) is 9.90 Å². The fraction of sp³-hybridized carbons (Fsp3) is 0.158. The molecule has 4 rings (SSSR count). The van der Waals surface area contributed by atoms with Gasteiger partial charge in [-0.1, -0.05) is 24.3 Å². The highest BCUT2D eigenvalue weighted by molar-refractivity contribution is 7.13. The van der Waals surface area contributed by atoms with Crippen LogP contribution in [0.5, 0.6) is 5.75 Å². The number of benzene rings is 2. The lowest BCUT2D eigenvalue weighted by Gasteiger charge is -2.16. The molecule has 5 nitrogen and oxygen atoms in total. The highest BCUT2D eigenvalue weighted by Gasteiger charge is 2.29. The third-order valence-corrected chi connectivity index (χ3v) is 5.29. The minimum Gasteiger partial charge on any atom is -0.508 e. The number of carbonyl (C=O) groups is 1. The zero-order chi connectivity index (χ0) is 17.4. The van der Waals surface area contributed by atoms with Gasteiger partial charge >= 0.3 is 0 Å². The Labute approximate surface area is 148 Å². The van der Waals surface area contributed by atoms with Crippen LogP contribution in [0.2, 0.25) is 0 Å². The van der Waals surface area contributed by atoms with Gasteiger partial charge in [-0.25, -0.2) is 4.98 Å². The Balaban J connectivity index is 1.71. The Bertz CT molecular complexity index is 951. The molecule has 0 aliphatic carbocycles. The second kappa shape index (κ2) is 6.31. The summed E-state index contributed by atoms with van der Waals surface area (Å²) < 4.78 is 0. The Kier molecular flexibility index (Phi) is 3.99. The molecule has 1 aromatic heterocycles. The van der Waals surface area contributed by atoms with Crippen LogP contribution in [0.4, 0.5) is 5.69 Å². The molecule has 1 aliphatic heterocycles. The number of phenolic OH excluding ortho intramolecular Hbond substituents is 1. The van der Waals surface area contributed by atoms with Gasteiger partial charge in [0.2, 0.25) is 0 Å². The van der Waals surface area contributed by atoms with Gasteiger partial charge in [0.25, 0.3) is 5.91 Å². The van der Waals surface area contributed by atoms with Gasteiger partial charge in [-0.05, 0) is 41.3 Å². The van der Waals surface area contributed by atoms with Crippen LogP contribution in [-0.4, -0.2) is 27.6 Å². The van der Waals surface area contributed by atoms with Gasteiger partial charge in [-0.15, -0.1) is 11.3 Å². The van der Waals surface area contributed by atoms with Crippen molar-refractivity contribution in [3.63, 3.8) is 0 Å². The average molecular weight is 352 g/mol. The summed E-state index contributed by atoms with van der Waals surface area (Å²) >= 11 is 1.22. The molecular formula is C19H16N2O3S. The zero-order valence-corrected chi connectivity index (χ0v) is 14.2. The molecule has 1 aliphatic rings. The van der Waals surface area contributed by atoms with Crippen LogP contribution in [0, 0.1) is 0 Å². The number of carbonyl (C=O) groups excluding carboxylic acids is 1.